The van der Waals surface area contributed by atoms with Gasteiger partial charge in [0.05, 0.1) is 0 Å². The van der Waals surface area contributed by atoms with Gasteiger partial charge in [-0.2, -0.15) is 0 Å². The average Bonchev–Trinajstić information content (AvgIpc) is 2.38. The van der Waals surface area contributed by atoms with Gasteiger partial charge in [0.2, 0.25) is 5.91 Å². The van der Waals surface area contributed by atoms with Crippen LogP contribution in [0.2, 0.25) is 0 Å². The maximum Gasteiger partial charge on any atom is 0.226 e. The van der Waals surface area contributed by atoms with Crippen LogP contribution in [0.25, 0.3) is 0 Å². The Labute approximate surface area is 124 Å². The number of rotatable bonds is 3. The van der Waals surface area contributed by atoms with Crippen molar-refractivity contribution in [2.24, 2.45) is 17.3 Å². The first-order valence-corrected chi connectivity index (χ1v) is 7.47. The number of hydrogen-bond donors (Lipinski definition) is 0. The molecule has 2 atom stereocenters. The van der Waals surface area contributed by atoms with Crippen LogP contribution >= 0.6 is 12.4 Å². The minimum absolute atomic E-state index is 0. The van der Waals surface area contributed by atoms with E-state index < -0.39 is 0 Å². The summed E-state index contributed by atoms with van der Waals surface area (Å²) in [7, 11) is 0. The van der Waals surface area contributed by atoms with Crippen LogP contribution in [0.3, 0.4) is 0 Å². The van der Waals surface area contributed by atoms with Crippen LogP contribution in [-0.2, 0) is 4.79 Å². The first-order valence-electron chi connectivity index (χ1n) is 7.47. The highest BCUT2D eigenvalue weighted by molar-refractivity contribution is 5.85. The molecule has 2 nitrogen and oxygen atoms in total. The molecule has 1 heterocycles. The van der Waals surface area contributed by atoms with E-state index in [4.69, 9.17) is 0 Å². The fraction of sp³-hybridized carbons (Fsp3) is 0.812. The van der Waals surface area contributed by atoms with Gasteiger partial charge in [0.1, 0.15) is 0 Å². The van der Waals surface area contributed by atoms with Gasteiger partial charge in [0.15, 0.2) is 0 Å². The molecule has 0 aromatic carbocycles. The Bertz CT molecular complexity index is 332. The topological polar surface area (TPSA) is 20.3 Å². The molecule has 0 N–H and O–H groups in total. The van der Waals surface area contributed by atoms with Gasteiger partial charge in [-0.15, -0.1) is 12.4 Å². The van der Waals surface area contributed by atoms with Crippen molar-refractivity contribution in [2.45, 2.75) is 52.9 Å². The second kappa shape index (κ2) is 6.78. The summed E-state index contributed by atoms with van der Waals surface area (Å²) in [4.78, 5) is 14.6. The van der Waals surface area contributed by atoms with Crippen molar-refractivity contribution >= 4 is 18.3 Å². The number of allylic oxidation sites excluding steroid dienone is 2. The average molecular weight is 286 g/mol. The largest absolute Gasteiger partial charge is 0.342 e. The summed E-state index contributed by atoms with van der Waals surface area (Å²) < 4.78 is 0. The number of carbonyl (C=O) groups is 1. The fourth-order valence-electron chi connectivity index (χ4n) is 3.47. The first-order chi connectivity index (χ1) is 8.57. The SMILES string of the molecule is C/C=C/C[C@H]1C[C@@H](C(=O)N2CCCCC2)C1(C)C.Cl. The molecule has 110 valence electrons. The molecule has 0 aromatic heterocycles. The zero-order valence-corrected chi connectivity index (χ0v) is 13.3. The molecule has 2 rings (SSSR count). The van der Waals surface area contributed by atoms with Crippen molar-refractivity contribution in [1.82, 2.24) is 4.90 Å². The number of likely N-dealkylation sites (tertiary alicyclic amines) is 1. The van der Waals surface area contributed by atoms with E-state index in [1.165, 1.54) is 19.3 Å². The molecule has 1 saturated heterocycles. The van der Waals surface area contributed by atoms with Gasteiger partial charge < -0.3 is 4.90 Å². The molecule has 1 saturated carbocycles. The summed E-state index contributed by atoms with van der Waals surface area (Å²) in [5, 5.41) is 0. The summed E-state index contributed by atoms with van der Waals surface area (Å²) in [5.74, 6) is 1.38. The smallest absolute Gasteiger partial charge is 0.226 e. The van der Waals surface area contributed by atoms with Crippen LogP contribution in [0.15, 0.2) is 12.2 Å². The van der Waals surface area contributed by atoms with Gasteiger partial charge in [0, 0.05) is 19.0 Å². The van der Waals surface area contributed by atoms with Crippen LogP contribution < -0.4 is 0 Å². The number of halogens is 1. The number of amides is 1. The molecule has 19 heavy (non-hydrogen) atoms. The predicted octanol–water partition coefficient (Wildman–Crippen LogP) is 4.05. The lowest BCUT2D eigenvalue weighted by Crippen LogP contribution is -2.54. The van der Waals surface area contributed by atoms with Gasteiger partial charge in [-0.25, -0.2) is 0 Å². The van der Waals surface area contributed by atoms with E-state index in [-0.39, 0.29) is 23.7 Å². The zero-order chi connectivity index (χ0) is 13.2. The van der Waals surface area contributed by atoms with Gasteiger partial charge in [-0.3, -0.25) is 4.79 Å². The van der Waals surface area contributed by atoms with Crippen LogP contribution in [-0.4, -0.2) is 23.9 Å². The molecular formula is C16H28ClNO. The third kappa shape index (κ3) is 3.34. The second-order valence-corrected chi connectivity index (χ2v) is 6.50. The number of piperidine rings is 1. The van der Waals surface area contributed by atoms with Crippen molar-refractivity contribution in [3.63, 3.8) is 0 Å². The molecule has 2 aliphatic rings. The lowest BCUT2D eigenvalue weighted by Gasteiger charge is -2.52. The van der Waals surface area contributed by atoms with E-state index in [2.05, 4.69) is 37.8 Å². The first kappa shape index (κ1) is 16.6. The molecule has 1 amide bonds. The van der Waals surface area contributed by atoms with E-state index in [1.54, 1.807) is 0 Å². The van der Waals surface area contributed by atoms with Crippen molar-refractivity contribution < 1.29 is 4.79 Å². The zero-order valence-electron chi connectivity index (χ0n) is 12.5. The summed E-state index contributed by atoms with van der Waals surface area (Å²) in [5.41, 5.74) is 0.189. The van der Waals surface area contributed by atoms with Crippen LogP contribution in [0.5, 0.6) is 0 Å². The molecule has 0 aromatic rings. The highest BCUT2D eigenvalue weighted by Gasteiger charge is 2.51. The third-order valence-corrected chi connectivity index (χ3v) is 5.09. The van der Waals surface area contributed by atoms with Gasteiger partial charge in [-0.05, 0) is 50.4 Å². The molecule has 3 heteroatoms. The molecule has 1 aliphatic heterocycles. The third-order valence-electron chi connectivity index (χ3n) is 5.09. The molecule has 2 fully saturated rings. The van der Waals surface area contributed by atoms with E-state index in [0.717, 1.165) is 25.9 Å². The monoisotopic (exact) mass is 285 g/mol. The molecular weight excluding hydrogens is 258 g/mol. The van der Waals surface area contributed by atoms with Crippen LogP contribution in [0.4, 0.5) is 0 Å². The Kier molecular flexibility index (Phi) is 5.91. The molecule has 1 aliphatic carbocycles. The van der Waals surface area contributed by atoms with Gasteiger partial charge in [0.25, 0.3) is 0 Å². The Morgan fingerprint density at radius 1 is 1.26 bits per heavy atom. The predicted molar refractivity (Wildman–Crippen MR) is 82.5 cm³/mol. The van der Waals surface area contributed by atoms with Crippen molar-refractivity contribution in [1.29, 1.82) is 0 Å². The highest BCUT2D eigenvalue weighted by atomic mass is 35.5. The maximum atomic E-state index is 12.5. The molecule has 0 bridgehead atoms. The maximum absolute atomic E-state index is 12.5. The van der Waals surface area contributed by atoms with Crippen molar-refractivity contribution in [3.8, 4) is 0 Å². The summed E-state index contributed by atoms with van der Waals surface area (Å²) in [6.45, 7) is 8.60. The van der Waals surface area contributed by atoms with E-state index in [0.29, 0.717) is 11.8 Å². The minimum atomic E-state index is 0. The lowest BCUT2D eigenvalue weighted by molar-refractivity contribution is -0.152. The Balaban J connectivity index is 0.00000180. The minimum Gasteiger partial charge on any atom is -0.342 e. The highest BCUT2D eigenvalue weighted by Crippen LogP contribution is 2.53. The summed E-state index contributed by atoms with van der Waals surface area (Å²) >= 11 is 0. The number of hydrogen-bond acceptors (Lipinski definition) is 1. The van der Waals surface area contributed by atoms with Crippen LogP contribution in [0, 0.1) is 17.3 Å². The Morgan fingerprint density at radius 3 is 2.42 bits per heavy atom. The van der Waals surface area contributed by atoms with E-state index in [9.17, 15) is 4.79 Å². The fourth-order valence-corrected chi connectivity index (χ4v) is 3.47. The second-order valence-electron chi connectivity index (χ2n) is 6.50. The number of carbonyl (C=O) groups excluding carboxylic acids is 1. The van der Waals surface area contributed by atoms with E-state index >= 15 is 0 Å². The Hall–Kier alpha value is -0.500. The molecule has 0 radical (unpaired) electrons. The summed E-state index contributed by atoms with van der Waals surface area (Å²) in [6, 6.07) is 0. The summed E-state index contributed by atoms with van der Waals surface area (Å²) in [6.07, 6.45) is 10.3. The Morgan fingerprint density at radius 2 is 1.89 bits per heavy atom. The normalized spacial score (nSPS) is 29.7. The quantitative estimate of drug-likeness (QED) is 0.717. The van der Waals surface area contributed by atoms with E-state index in [1.807, 2.05) is 0 Å². The lowest BCUT2D eigenvalue weighted by atomic mass is 9.53. The molecule has 0 spiro atoms. The standard InChI is InChI=1S/C16H27NO.ClH/c1-4-5-9-13-12-14(16(13,2)3)15(18)17-10-7-6-8-11-17;/h4-5,13-14H,6-12H2,1-3H3;1H/b5-4+;/t13-,14-;/m0./s1. The van der Waals surface area contributed by atoms with Gasteiger partial charge >= 0.3 is 0 Å². The number of nitrogens with zero attached hydrogens (tertiary/aromatic N) is 1. The van der Waals surface area contributed by atoms with Crippen molar-refractivity contribution in [3.05, 3.63) is 12.2 Å². The van der Waals surface area contributed by atoms with Crippen LogP contribution in [0.1, 0.15) is 52.9 Å². The molecule has 0 unspecified atom stereocenters. The van der Waals surface area contributed by atoms with Crippen molar-refractivity contribution in [2.75, 3.05) is 13.1 Å². The van der Waals surface area contributed by atoms with Gasteiger partial charge in [-0.1, -0.05) is 26.0 Å².